The molecule has 2 unspecified atom stereocenters. The second-order valence-corrected chi connectivity index (χ2v) is 4.78. The van der Waals surface area contributed by atoms with Gasteiger partial charge in [0.1, 0.15) is 0 Å². The lowest BCUT2D eigenvalue weighted by molar-refractivity contribution is 0.564. The van der Waals surface area contributed by atoms with E-state index in [9.17, 15) is 4.21 Å². The van der Waals surface area contributed by atoms with E-state index >= 15 is 0 Å². The number of rotatable bonds is 2. The molecule has 0 spiro atoms. The number of halogens is 1. The number of benzene rings is 1. The highest BCUT2D eigenvalue weighted by atomic mass is 79.9. The molecule has 0 heterocycles. The predicted molar refractivity (Wildman–Crippen MR) is 52.8 cm³/mol. The van der Waals surface area contributed by atoms with Crippen LogP contribution in [0.4, 0.5) is 0 Å². The molecule has 1 aromatic rings. The molecule has 0 aromatic heterocycles. The van der Waals surface area contributed by atoms with Gasteiger partial charge in [0.25, 0.3) is 0 Å². The van der Waals surface area contributed by atoms with Gasteiger partial charge in [-0.05, 0) is 24.6 Å². The number of alkyl halides is 1. The van der Waals surface area contributed by atoms with E-state index in [1.54, 1.807) is 12.1 Å². The fraction of sp³-hybridized carbons (Fsp3) is 0.250. The minimum Gasteiger partial charge on any atom is -0.302 e. The zero-order chi connectivity index (χ0) is 9.14. The highest BCUT2D eigenvalue weighted by Gasteiger charge is 2.02. The lowest BCUT2D eigenvalue weighted by Crippen LogP contribution is -1.89. The molecule has 0 saturated heterocycles. The molecule has 1 N–H and O–H groups in total. The van der Waals surface area contributed by atoms with E-state index < -0.39 is 11.1 Å². The largest absolute Gasteiger partial charge is 0.302 e. The maximum Gasteiger partial charge on any atom is 0.186 e. The Kier molecular flexibility index (Phi) is 3.43. The van der Waals surface area contributed by atoms with Gasteiger partial charge < -0.3 is 4.55 Å². The van der Waals surface area contributed by atoms with Crippen LogP contribution in [-0.2, 0) is 11.1 Å². The van der Waals surface area contributed by atoms with Crippen molar-refractivity contribution in [3.63, 3.8) is 0 Å². The van der Waals surface area contributed by atoms with Crippen molar-refractivity contribution in [2.45, 2.75) is 16.6 Å². The molecule has 0 aliphatic heterocycles. The van der Waals surface area contributed by atoms with Gasteiger partial charge in [-0.15, -0.1) is 0 Å². The van der Waals surface area contributed by atoms with Crippen LogP contribution in [0.1, 0.15) is 17.3 Å². The van der Waals surface area contributed by atoms with Crippen LogP contribution in [0.5, 0.6) is 0 Å². The van der Waals surface area contributed by atoms with E-state index in [2.05, 4.69) is 15.9 Å². The zero-order valence-corrected chi connectivity index (χ0v) is 8.93. The van der Waals surface area contributed by atoms with Crippen LogP contribution in [0.15, 0.2) is 29.2 Å². The summed E-state index contributed by atoms with van der Waals surface area (Å²) in [5, 5.41) is 0. The maximum atomic E-state index is 10.6. The summed E-state index contributed by atoms with van der Waals surface area (Å²) in [5.41, 5.74) is 1.10. The van der Waals surface area contributed by atoms with Crippen molar-refractivity contribution in [2.24, 2.45) is 0 Å². The monoisotopic (exact) mass is 248 g/mol. The Morgan fingerprint density at radius 1 is 1.42 bits per heavy atom. The summed E-state index contributed by atoms with van der Waals surface area (Å²) >= 11 is 1.54. The first kappa shape index (κ1) is 9.89. The van der Waals surface area contributed by atoms with Crippen molar-refractivity contribution in [2.75, 3.05) is 0 Å². The molecule has 0 bridgehead atoms. The first-order valence-corrected chi connectivity index (χ1v) is 5.48. The number of hydrogen-bond donors (Lipinski definition) is 1. The molecular formula is C8H9BrO2S. The van der Waals surface area contributed by atoms with Crippen molar-refractivity contribution in [3.05, 3.63) is 29.8 Å². The van der Waals surface area contributed by atoms with E-state index in [0.29, 0.717) is 4.90 Å². The Labute approximate surface area is 82.4 Å². The molecule has 1 aromatic carbocycles. The summed E-state index contributed by atoms with van der Waals surface area (Å²) in [6.07, 6.45) is 0. The van der Waals surface area contributed by atoms with Gasteiger partial charge in [-0.3, -0.25) is 0 Å². The number of hydrogen-bond acceptors (Lipinski definition) is 1. The molecule has 0 saturated carbocycles. The summed E-state index contributed by atoms with van der Waals surface area (Å²) in [6.45, 7) is 2.00. The molecule has 4 heteroatoms. The highest BCUT2D eigenvalue weighted by Crippen LogP contribution is 2.21. The van der Waals surface area contributed by atoms with E-state index in [1.165, 1.54) is 0 Å². The van der Waals surface area contributed by atoms with Gasteiger partial charge in [0.05, 0.1) is 4.90 Å². The lowest BCUT2D eigenvalue weighted by Gasteiger charge is -2.02. The van der Waals surface area contributed by atoms with Crippen LogP contribution >= 0.6 is 15.9 Å². The quantitative estimate of drug-likeness (QED) is 0.646. The average molecular weight is 249 g/mol. The molecular weight excluding hydrogens is 240 g/mol. The molecule has 0 radical (unpaired) electrons. The molecule has 0 fully saturated rings. The van der Waals surface area contributed by atoms with Gasteiger partial charge in [-0.1, -0.05) is 28.1 Å². The van der Waals surface area contributed by atoms with Crippen LogP contribution in [0.3, 0.4) is 0 Å². The van der Waals surface area contributed by atoms with Crippen LogP contribution in [0, 0.1) is 0 Å². The fourth-order valence-electron chi connectivity index (χ4n) is 0.849. The third-order valence-corrected chi connectivity index (χ3v) is 2.75. The fourth-order valence-corrected chi connectivity index (χ4v) is 1.52. The van der Waals surface area contributed by atoms with E-state index in [-0.39, 0.29) is 4.83 Å². The van der Waals surface area contributed by atoms with E-state index in [1.807, 2.05) is 19.1 Å². The Bertz CT molecular complexity index is 282. The summed E-state index contributed by atoms with van der Waals surface area (Å²) in [6, 6.07) is 6.98. The maximum absolute atomic E-state index is 10.6. The molecule has 0 amide bonds. The Balaban J connectivity index is 2.93. The van der Waals surface area contributed by atoms with Gasteiger partial charge in [0.2, 0.25) is 0 Å². The first-order chi connectivity index (χ1) is 5.61. The standard InChI is InChI=1S/C8H9BrO2S/c1-6(9)7-2-4-8(5-3-7)12(10)11/h2-6H,1H3,(H,10,11). The van der Waals surface area contributed by atoms with Crippen molar-refractivity contribution in [1.82, 2.24) is 0 Å². The Morgan fingerprint density at radius 2 is 1.92 bits per heavy atom. The molecule has 0 aliphatic carbocycles. The van der Waals surface area contributed by atoms with Gasteiger partial charge in [-0.25, -0.2) is 4.21 Å². The van der Waals surface area contributed by atoms with Crippen LogP contribution < -0.4 is 0 Å². The third kappa shape index (κ3) is 2.40. The van der Waals surface area contributed by atoms with Crippen LogP contribution in [0.25, 0.3) is 0 Å². The van der Waals surface area contributed by atoms with Gasteiger partial charge in [0, 0.05) is 4.83 Å². The average Bonchev–Trinajstić information content (AvgIpc) is 2.04. The van der Waals surface area contributed by atoms with Gasteiger partial charge in [-0.2, -0.15) is 0 Å². The second kappa shape index (κ2) is 4.16. The van der Waals surface area contributed by atoms with E-state index in [0.717, 1.165) is 5.56 Å². The molecule has 0 aliphatic rings. The lowest BCUT2D eigenvalue weighted by atomic mass is 10.2. The SMILES string of the molecule is CC(Br)c1ccc(S(=O)O)cc1. The van der Waals surface area contributed by atoms with Crippen LogP contribution in [-0.4, -0.2) is 8.76 Å². The molecule has 1 rings (SSSR count). The van der Waals surface area contributed by atoms with Gasteiger partial charge in [0.15, 0.2) is 11.1 Å². The molecule has 2 nitrogen and oxygen atoms in total. The van der Waals surface area contributed by atoms with Crippen molar-refractivity contribution in [3.8, 4) is 0 Å². The van der Waals surface area contributed by atoms with E-state index in [4.69, 9.17) is 4.55 Å². The topological polar surface area (TPSA) is 37.3 Å². The predicted octanol–water partition coefficient (Wildman–Crippen LogP) is 2.72. The van der Waals surface area contributed by atoms with Crippen molar-refractivity contribution < 1.29 is 8.76 Å². The van der Waals surface area contributed by atoms with Gasteiger partial charge >= 0.3 is 0 Å². The minimum absolute atomic E-state index is 0.277. The van der Waals surface area contributed by atoms with Crippen LogP contribution in [0.2, 0.25) is 0 Å². The normalized spacial score (nSPS) is 15.6. The zero-order valence-electron chi connectivity index (χ0n) is 6.53. The Hall–Kier alpha value is -0.190. The summed E-state index contributed by atoms with van der Waals surface area (Å²) in [7, 11) is 0. The first-order valence-electron chi connectivity index (χ1n) is 3.46. The smallest absolute Gasteiger partial charge is 0.186 e. The summed E-state index contributed by atoms with van der Waals surface area (Å²) in [5.74, 6) is 0. The van der Waals surface area contributed by atoms with Crippen molar-refractivity contribution >= 4 is 27.0 Å². The minimum atomic E-state index is -1.87. The highest BCUT2D eigenvalue weighted by molar-refractivity contribution is 9.09. The van der Waals surface area contributed by atoms with Crippen molar-refractivity contribution in [1.29, 1.82) is 0 Å². The Morgan fingerprint density at radius 3 is 2.25 bits per heavy atom. The third-order valence-electron chi connectivity index (χ3n) is 1.54. The molecule has 12 heavy (non-hydrogen) atoms. The molecule has 66 valence electrons. The summed E-state index contributed by atoms with van der Waals surface area (Å²) in [4.78, 5) is 0.713. The summed E-state index contributed by atoms with van der Waals surface area (Å²) < 4.78 is 19.3. The second-order valence-electron chi connectivity index (χ2n) is 2.43. The molecule has 2 atom stereocenters.